The van der Waals surface area contributed by atoms with Crippen LogP contribution in [0.5, 0.6) is 0 Å². The second kappa shape index (κ2) is 12.5. The lowest BCUT2D eigenvalue weighted by molar-refractivity contribution is 0.457. The van der Waals surface area contributed by atoms with Crippen molar-refractivity contribution >= 4 is 14.6 Å². The average Bonchev–Trinajstić information content (AvgIpc) is 2.39. The lowest BCUT2D eigenvalue weighted by atomic mass is 10.0. The van der Waals surface area contributed by atoms with E-state index < -0.39 is 14.6 Å². The molecule has 0 aromatic carbocycles. The van der Waals surface area contributed by atoms with Crippen molar-refractivity contribution < 1.29 is 3.52 Å². The Kier molecular flexibility index (Phi) is 12.8. The molecule has 2 atom stereocenters. The van der Waals surface area contributed by atoms with Crippen LogP contribution in [0.15, 0.2) is 0 Å². The Morgan fingerprint density at radius 2 is 1.17 bits per heavy atom. The van der Waals surface area contributed by atoms with Crippen LogP contribution in [0.3, 0.4) is 0 Å². The van der Waals surface area contributed by atoms with Gasteiger partial charge in [0.15, 0.2) is 0 Å². The van der Waals surface area contributed by atoms with Crippen molar-refractivity contribution in [2.45, 2.75) is 89.6 Å². The van der Waals surface area contributed by atoms with E-state index in [0.717, 1.165) is 10.6 Å². The van der Waals surface area contributed by atoms with Crippen LogP contribution in [-0.2, 0) is 0 Å². The summed E-state index contributed by atoms with van der Waals surface area (Å²) in [7, 11) is 0. The molecule has 2 heteroatoms. The predicted octanol–water partition coefficient (Wildman–Crippen LogP) is 6.38. The van der Waals surface area contributed by atoms with E-state index in [1.54, 1.807) is 0 Å². The van der Waals surface area contributed by atoms with Crippen molar-refractivity contribution in [3.05, 3.63) is 0 Å². The predicted molar refractivity (Wildman–Crippen MR) is 83.1 cm³/mol. The summed E-state index contributed by atoms with van der Waals surface area (Å²) in [5, 5.41) is 1.89. The van der Waals surface area contributed by atoms with E-state index in [1.165, 1.54) is 51.4 Å². The summed E-state index contributed by atoms with van der Waals surface area (Å²) in [5.41, 5.74) is 0. The molecule has 0 aliphatic carbocycles. The van der Waals surface area contributed by atoms with Crippen molar-refractivity contribution in [1.29, 1.82) is 0 Å². The first-order chi connectivity index (χ1) is 8.67. The maximum atomic E-state index is 14.3. The fraction of sp³-hybridized carbons (Fsp3) is 1.00. The molecule has 108 valence electrons. The van der Waals surface area contributed by atoms with E-state index in [-0.39, 0.29) is 0 Å². The SMILES string of the molecule is CCCCC(CC)[CH2][Al]([F])[CH2]C(CC)CCCC. The van der Waals surface area contributed by atoms with E-state index in [4.69, 9.17) is 0 Å². The Hall–Kier alpha value is 0.462. The molecule has 0 saturated carbocycles. The Balaban J connectivity index is 3.92. The first-order valence-corrected chi connectivity index (χ1v) is 10.4. The highest BCUT2D eigenvalue weighted by Gasteiger charge is 2.26. The van der Waals surface area contributed by atoms with Crippen molar-refractivity contribution in [2.24, 2.45) is 11.8 Å². The summed E-state index contributed by atoms with van der Waals surface area (Å²) < 4.78 is 14.3. The van der Waals surface area contributed by atoms with Gasteiger partial charge in [0, 0.05) is 0 Å². The van der Waals surface area contributed by atoms with E-state index in [9.17, 15) is 3.52 Å². The lowest BCUT2D eigenvalue weighted by Gasteiger charge is -2.18. The molecular weight excluding hydrogens is 238 g/mol. The zero-order chi connectivity index (χ0) is 13.8. The van der Waals surface area contributed by atoms with Crippen molar-refractivity contribution in [3.8, 4) is 0 Å². The normalized spacial score (nSPS) is 14.5. The van der Waals surface area contributed by atoms with Crippen LogP contribution in [0.25, 0.3) is 0 Å². The molecule has 0 spiro atoms. The summed E-state index contributed by atoms with van der Waals surface area (Å²) in [4.78, 5) is 0. The maximum Gasteiger partial charge on any atom is 0.517 e. The minimum Gasteiger partial charge on any atom is -0.418 e. The van der Waals surface area contributed by atoms with E-state index in [2.05, 4.69) is 27.7 Å². The molecule has 0 aliphatic rings. The minimum atomic E-state index is -1.94. The van der Waals surface area contributed by atoms with E-state index >= 15 is 0 Å². The molecule has 0 saturated heterocycles. The van der Waals surface area contributed by atoms with Crippen LogP contribution < -0.4 is 0 Å². The highest BCUT2D eigenvalue weighted by molar-refractivity contribution is 6.51. The standard InChI is InChI=1S/2C8H17.Al.FH/c2*1-4-6-7-8(3)5-2;;/h2*8H,3-7H2,1-2H3;;1H/q;;+1;/p-1. The second-order valence-corrected chi connectivity index (χ2v) is 8.04. The van der Waals surface area contributed by atoms with Gasteiger partial charge in [-0.3, -0.25) is 0 Å². The molecule has 0 aromatic heterocycles. The Labute approximate surface area is 120 Å². The average molecular weight is 272 g/mol. The fourth-order valence-corrected chi connectivity index (χ4v) is 5.56. The molecule has 2 unspecified atom stereocenters. The highest BCUT2D eigenvalue weighted by Crippen LogP contribution is 2.26. The molecule has 0 amide bonds. The Morgan fingerprint density at radius 3 is 1.44 bits per heavy atom. The molecular formula is C16H34AlF. The molecule has 0 fully saturated rings. The van der Waals surface area contributed by atoms with E-state index in [1.807, 2.05) is 0 Å². The van der Waals surface area contributed by atoms with Gasteiger partial charge in [-0.25, -0.2) is 0 Å². The molecule has 0 aromatic rings. The molecule has 0 nitrogen and oxygen atoms in total. The summed E-state index contributed by atoms with van der Waals surface area (Å²) in [6.07, 6.45) is 9.95. The van der Waals surface area contributed by atoms with Gasteiger partial charge in [0.1, 0.15) is 0 Å². The first-order valence-electron chi connectivity index (χ1n) is 8.31. The summed E-state index contributed by atoms with van der Waals surface area (Å²) in [6, 6.07) is 0. The minimum absolute atomic E-state index is 0.676. The number of unbranched alkanes of at least 4 members (excludes halogenated alkanes) is 2. The van der Waals surface area contributed by atoms with Gasteiger partial charge in [-0.15, -0.1) is 0 Å². The Morgan fingerprint density at radius 1 is 0.778 bits per heavy atom. The molecule has 0 radical (unpaired) electrons. The monoisotopic (exact) mass is 272 g/mol. The molecule has 0 N–H and O–H groups in total. The van der Waals surface area contributed by atoms with Crippen LogP contribution in [0.1, 0.15) is 79.1 Å². The number of halogens is 1. The topological polar surface area (TPSA) is 0 Å². The zero-order valence-electron chi connectivity index (χ0n) is 13.2. The third-order valence-corrected chi connectivity index (χ3v) is 6.62. The molecule has 0 heterocycles. The van der Waals surface area contributed by atoms with Gasteiger partial charge in [-0.05, 0) is 0 Å². The van der Waals surface area contributed by atoms with Crippen molar-refractivity contribution in [2.75, 3.05) is 0 Å². The quantitative estimate of drug-likeness (QED) is 0.361. The summed E-state index contributed by atoms with van der Waals surface area (Å²) >= 11 is -1.94. The van der Waals surface area contributed by atoms with Crippen LogP contribution in [-0.4, -0.2) is 14.6 Å². The Bertz CT molecular complexity index is 154. The van der Waals surface area contributed by atoms with Gasteiger partial charge in [-0.2, -0.15) is 0 Å². The van der Waals surface area contributed by atoms with Gasteiger partial charge in [0.25, 0.3) is 0 Å². The van der Waals surface area contributed by atoms with Crippen LogP contribution in [0.4, 0.5) is 3.52 Å². The van der Waals surface area contributed by atoms with Gasteiger partial charge < -0.3 is 3.52 Å². The van der Waals surface area contributed by atoms with Crippen molar-refractivity contribution in [1.82, 2.24) is 0 Å². The van der Waals surface area contributed by atoms with Crippen molar-refractivity contribution in [3.63, 3.8) is 0 Å². The van der Waals surface area contributed by atoms with Crippen LogP contribution in [0, 0.1) is 11.8 Å². The molecule has 18 heavy (non-hydrogen) atoms. The van der Waals surface area contributed by atoms with E-state index in [0.29, 0.717) is 11.8 Å². The third kappa shape index (κ3) is 9.40. The maximum absolute atomic E-state index is 14.3. The summed E-state index contributed by atoms with van der Waals surface area (Å²) in [6.45, 7) is 8.93. The van der Waals surface area contributed by atoms with Gasteiger partial charge in [0.2, 0.25) is 0 Å². The van der Waals surface area contributed by atoms with Gasteiger partial charge in [-0.1, -0.05) is 101 Å². The first kappa shape index (κ1) is 18.5. The third-order valence-electron chi connectivity index (χ3n) is 4.26. The van der Waals surface area contributed by atoms with Gasteiger partial charge in [0.05, 0.1) is 0 Å². The largest absolute Gasteiger partial charge is 0.517 e. The second-order valence-electron chi connectivity index (χ2n) is 5.90. The van der Waals surface area contributed by atoms with Crippen LogP contribution in [0.2, 0.25) is 10.6 Å². The molecule has 0 aliphatic heterocycles. The summed E-state index contributed by atoms with van der Waals surface area (Å²) in [5.74, 6) is 1.35. The molecule has 0 rings (SSSR count). The smallest absolute Gasteiger partial charge is 0.418 e. The van der Waals surface area contributed by atoms with Gasteiger partial charge >= 0.3 is 14.6 Å². The fourth-order valence-electron chi connectivity index (χ4n) is 2.78. The number of rotatable bonds is 12. The van der Waals surface area contributed by atoms with Crippen LogP contribution >= 0.6 is 0 Å². The zero-order valence-corrected chi connectivity index (χ0v) is 14.3. The number of hydrogen-bond acceptors (Lipinski definition) is 0. The molecule has 0 bridgehead atoms. The highest BCUT2D eigenvalue weighted by atomic mass is 27.2. The lowest BCUT2D eigenvalue weighted by Crippen LogP contribution is -2.16. The number of hydrogen-bond donors (Lipinski definition) is 0.